The SMILES string of the molecule is CCNC(=NCC(c1ccc(OC)cc1)N1CCCCC1)NCCOCC1CCCO1. The second-order valence-corrected chi connectivity index (χ2v) is 8.24. The van der Waals surface area contributed by atoms with Crippen molar-refractivity contribution in [2.45, 2.75) is 51.2 Å². The monoisotopic (exact) mass is 432 g/mol. The molecule has 174 valence electrons. The molecule has 0 bridgehead atoms. The number of guanidine groups is 1. The van der Waals surface area contributed by atoms with Crippen LogP contribution in [0.4, 0.5) is 0 Å². The average molecular weight is 433 g/mol. The van der Waals surface area contributed by atoms with Crippen LogP contribution in [0.25, 0.3) is 0 Å². The number of hydrogen-bond donors (Lipinski definition) is 2. The third-order valence-electron chi connectivity index (χ3n) is 5.97. The molecular weight excluding hydrogens is 392 g/mol. The van der Waals surface area contributed by atoms with Gasteiger partial charge in [-0.2, -0.15) is 0 Å². The van der Waals surface area contributed by atoms with Crippen LogP contribution in [0.3, 0.4) is 0 Å². The molecule has 31 heavy (non-hydrogen) atoms. The van der Waals surface area contributed by atoms with Crippen LogP contribution < -0.4 is 15.4 Å². The summed E-state index contributed by atoms with van der Waals surface area (Å²) in [5.74, 6) is 1.74. The lowest BCUT2D eigenvalue weighted by atomic mass is 10.0. The Morgan fingerprint density at radius 3 is 2.65 bits per heavy atom. The molecule has 0 spiro atoms. The van der Waals surface area contributed by atoms with Gasteiger partial charge < -0.3 is 24.8 Å². The summed E-state index contributed by atoms with van der Waals surface area (Å²) in [7, 11) is 1.71. The second-order valence-electron chi connectivity index (χ2n) is 8.24. The van der Waals surface area contributed by atoms with Crippen molar-refractivity contribution in [1.29, 1.82) is 0 Å². The van der Waals surface area contributed by atoms with Gasteiger partial charge in [0.25, 0.3) is 0 Å². The molecule has 2 aliphatic rings. The zero-order chi connectivity index (χ0) is 21.7. The normalized spacial score (nSPS) is 21.1. The highest BCUT2D eigenvalue weighted by Crippen LogP contribution is 2.26. The number of likely N-dealkylation sites (tertiary alicyclic amines) is 1. The number of piperidine rings is 1. The number of rotatable bonds is 11. The molecule has 2 atom stereocenters. The minimum atomic E-state index is 0.275. The van der Waals surface area contributed by atoms with Gasteiger partial charge in [-0.25, -0.2) is 0 Å². The van der Waals surface area contributed by atoms with Gasteiger partial charge in [0.1, 0.15) is 5.75 Å². The van der Waals surface area contributed by atoms with E-state index in [9.17, 15) is 0 Å². The van der Waals surface area contributed by atoms with Crippen molar-refractivity contribution in [2.75, 3.05) is 59.7 Å². The minimum Gasteiger partial charge on any atom is -0.497 e. The lowest BCUT2D eigenvalue weighted by Gasteiger charge is -2.34. The van der Waals surface area contributed by atoms with Crippen molar-refractivity contribution < 1.29 is 14.2 Å². The summed E-state index contributed by atoms with van der Waals surface area (Å²) in [5.41, 5.74) is 1.29. The van der Waals surface area contributed by atoms with E-state index in [0.717, 1.165) is 63.9 Å². The summed E-state index contributed by atoms with van der Waals surface area (Å²) in [6, 6.07) is 8.72. The highest BCUT2D eigenvalue weighted by molar-refractivity contribution is 5.79. The number of nitrogens with zero attached hydrogens (tertiary/aromatic N) is 2. The average Bonchev–Trinajstić information content (AvgIpc) is 3.33. The smallest absolute Gasteiger partial charge is 0.191 e. The molecule has 7 heteroatoms. The molecule has 1 aromatic carbocycles. The first-order chi connectivity index (χ1) is 15.3. The van der Waals surface area contributed by atoms with Crippen LogP contribution in [0.1, 0.15) is 50.6 Å². The summed E-state index contributed by atoms with van der Waals surface area (Å²) in [6.45, 7) is 8.85. The van der Waals surface area contributed by atoms with E-state index < -0.39 is 0 Å². The van der Waals surface area contributed by atoms with Crippen molar-refractivity contribution in [1.82, 2.24) is 15.5 Å². The van der Waals surface area contributed by atoms with Gasteiger partial charge in [0.2, 0.25) is 0 Å². The van der Waals surface area contributed by atoms with Gasteiger partial charge >= 0.3 is 0 Å². The Morgan fingerprint density at radius 1 is 1.16 bits per heavy atom. The summed E-state index contributed by atoms with van der Waals surface area (Å²) in [4.78, 5) is 7.50. The number of aliphatic imine (C=N–C) groups is 1. The van der Waals surface area contributed by atoms with E-state index in [1.54, 1.807) is 7.11 Å². The van der Waals surface area contributed by atoms with Crippen molar-refractivity contribution in [3.05, 3.63) is 29.8 Å². The highest BCUT2D eigenvalue weighted by Gasteiger charge is 2.22. The van der Waals surface area contributed by atoms with Gasteiger partial charge in [-0.1, -0.05) is 18.6 Å². The van der Waals surface area contributed by atoms with Gasteiger partial charge in [-0.3, -0.25) is 9.89 Å². The van der Waals surface area contributed by atoms with Gasteiger partial charge in [-0.05, 0) is 63.4 Å². The summed E-state index contributed by atoms with van der Waals surface area (Å²) in [5, 5.41) is 6.77. The molecule has 7 nitrogen and oxygen atoms in total. The van der Waals surface area contributed by atoms with Crippen LogP contribution >= 0.6 is 0 Å². The molecule has 0 amide bonds. The summed E-state index contributed by atoms with van der Waals surface area (Å²) in [6.07, 6.45) is 6.38. The molecule has 0 radical (unpaired) electrons. The molecule has 2 N–H and O–H groups in total. The van der Waals surface area contributed by atoms with E-state index in [1.807, 2.05) is 12.1 Å². The Hall–Kier alpha value is -1.83. The van der Waals surface area contributed by atoms with Gasteiger partial charge in [0.15, 0.2) is 5.96 Å². The fourth-order valence-corrected chi connectivity index (χ4v) is 4.24. The van der Waals surface area contributed by atoms with Crippen LogP contribution in [0, 0.1) is 0 Å². The topological polar surface area (TPSA) is 67.4 Å². The molecule has 2 saturated heterocycles. The third kappa shape index (κ3) is 7.98. The van der Waals surface area contributed by atoms with Crippen LogP contribution in [0.15, 0.2) is 29.3 Å². The van der Waals surface area contributed by atoms with Crippen LogP contribution in [-0.4, -0.2) is 76.6 Å². The zero-order valence-corrected chi connectivity index (χ0v) is 19.3. The van der Waals surface area contributed by atoms with E-state index >= 15 is 0 Å². The summed E-state index contributed by atoms with van der Waals surface area (Å²) < 4.78 is 16.7. The van der Waals surface area contributed by atoms with Crippen LogP contribution in [0.5, 0.6) is 5.75 Å². The molecule has 2 heterocycles. The van der Waals surface area contributed by atoms with Gasteiger partial charge in [0, 0.05) is 19.7 Å². The first kappa shape index (κ1) is 23.8. The van der Waals surface area contributed by atoms with Crippen LogP contribution in [0.2, 0.25) is 0 Å². The van der Waals surface area contributed by atoms with E-state index in [1.165, 1.54) is 24.8 Å². The van der Waals surface area contributed by atoms with Gasteiger partial charge in [-0.15, -0.1) is 0 Å². The maximum atomic E-state index is 5.77. The largest absolute Gasteiger partial charge is 0.497 e. The van der Waals surface area contributed by atoms with Crippen molar-refractivity contribution >= 4 is 5.96 Å². The molecule has 0 saturated carbocycles. The lowest BCUT2D eigenvalue weighted by Crippen LogP contribution is -2.40. The van der Waals surface area contributed by atoms with Crippen molar-refractivity contribution in [3.63, 3.8) is 0 Å². The standard InChI is InChI=1S/C24H40N4O3/c1-3-25-24(26-13-17-30-19-22-8-7-16-31-22)27-18-23(28-14-5-4-6-15-28)20-9-11-21(29-2)12-10-20/h9-12,22-23H,3-8,13-19H2,1-2H3,(H2,25,26,27). The molecule has 2 aliphatic heterocycles. The van der Waals surface area contributed by atoms with Crippen molar-refractivity contribution in [3.8, 4) is 5.75 Å². The Labute approximate surface area is 187 Å². The number of ether oxygens (including phenoxy) is 3. The molecule has 2 unspecified atom stereocenters. The Kier molecular flexibility index (Phi) is 10.4. The summed E-state index contributed by atoms with van der Waals surface area (Å²) >= 11 is 0. The number of nitrogens with one attached hydrogen (secondary N) is 2. The molecule has 0 aromatic heterocycles. The quantitative estimate of drug-likeness (QED) is 0.318. The maximum absolute atomic E-state index is 5.77. The first-order valence-corrected chi connectivity index (χ1v) is 11.9. The molecule has 0 aliphatic carbocycles. The zero-order valence-electron chi connectivity index (χ0n) is 19.3. The first-order valence-electron chi connectivity index (χ1n) is 11.9. The molecule has 2 fully saturated rings. The van der Waals surface area contributed by atoms with E-state index in [4.69, 9.17) is 19.2 Å². The Balaban J connectivity index is 1.55. The maximum Gasteiger partial charge on any atom is 0.191 e. The molecule has 3 rings (SSSR count). The minimum absolute atomic E-state index is 0.275. The highest BCUT2D eigenvalue weighted by atomic mass is 16.5. The lowest BCUT2D eigenvalue weighted by molar-refractivity contribution is 0.0191. The van der Waals surface area contributed by atoms with Crippen LogP contribution in [-0.2, 0) is 9.47 Å². The predicted octanol–water partition coefficient (Wildman–Crippen LogP) is 2.97. The number of hydrogen-bond acceptors (Lipinski definition) is 5. The Bertz CT molecular complexity index is 641. The van der Waals surface area contributed by atoms with Crippen molar-refractivity contribution in [2.24, 2.45) is 4.99 Å². The Morgan fingerprint density at radius 2 is 1.97 bits per heavy atom. The third-order valence-corrected chi connectivity index (χ3v) is 5.97. The van der Waals surface area contributed by atoms with Gasteiger partial charge in [0.05, 0.1) is 39.0 Å². The second kappa shape index (κ2) is 13.6. The fourth-order valence-electron chi connectivity index (χ4n) is 4.24. The molecule has 1 aromatic rings. The predicted molar refractivity (Wildman–Crippen MR) is 125 cm³/mol. The number of benzene rings is 1. The van der Waals surface area contributed by atoms with E-state index in [-0.39, 0.29) is 12.1 Å². The van der Waals surface area contributed by atoms with E-state index in [0.29, 0.717) is 13.2 Å². The fraction of sp³-hybridized carbons (Fsp3) is 0.708. The van der Waals surface area contributed by atoms with E-state index in [2.05, 4.69) is 34.6 Å². The number of methoxy groups -OCH3 is 1. The molecular formula is C24H40N4O3.